The largest absolute Gasteiger partial charge is 0.341 e. The molecule has 0 radical (unpaired) electrons. The maximum atomic E-state index is 12.2. The van der Waals surface area contributed by atoms with Crippen LogP contribution < -0.4 is 5.73 Å². The highest BCUT2D eigenvalue weighted by atomic mass is 16.2. The zero-order chi connectivity index (χ0) is 14.6. The van der Waals surface area contributed by atoms with Crippen molar-refractivity contribution in [3.05, 3.63) is 0 Å². The number of rotatable bonds is 2. The molecule has 1 aliphatic heterocycles. The lowest BCUT2D eigenvalue weighted by Crippen LogP contribution is -2.43. The molecule has 19 heavy (non-hydrogen) atoms. The molecule has 2 N–H and O–H groups in total. The van der Waals surface area contributed by atoms with Crippen LogP contribution >= 0.6 is 0 Å². The van der Waals surface area contributed by atoms with Gasteiger partial charge in [0.15, 0.2) is 0 Å². The Morgan fingerprint density at radius 1 is 1.11 bits per heavy atom. The molecule has 5 nitrogen and oxygen atoms in total. The fourth-order valence-electron chi connectivity index (χ4n) is 2.11. The summed E-state index contributed by atoms with van der Waals surface area (Å²) in [5.74, 6) is 0.188. The van der Waals surface area contributed by atoms with E-state index in [0.717, 1.165) is 19.5 Å². The van der Waals surface area contributed by atoms with Gasteiger partial charge in [-0.15, -0.1) is 0 Å². The maximum Gasteiger partial charge on any atom is 0.224 e. The Bertz CT molecular complexity index is 336. The lowest BCUT2D eigenvalue weighted by atomic mass is 9.85. The molecular formula is C14H27N3O2. The summed E-state index contributed by atoms with van der Waals surface area (Å²) in [7, 11) is 0. The minimum Gasteiger partial charge on any atom is -0.341 e. The molecule has 0 spiro atoms. The van der Waals surface area contributed by atoms with Gasteiger partial charge in [-0.2, -0.15) is 0 Å². The highest BCUT2D eigenvalue weighted by Crippen LogP contribution is 2.20. The summed E-state index contributed by atoms with van der Waals surface area (Å²) in [6.07, 6.45) is 1.22. The highest BCUT2D eigenvalue weighted by molar-refractivity contribution is 5.77. The first-order valence-electron chi connectivity index (χ1n) is 7.00. The van der Waals surface area contributed by atoms with Crippen molar-refractivity contribution < 1.29 is 9.59 Å². The molecule has 0 aliphatic carbocycles. The van der Waals surface area contributed by atoms with Crippen LogP contribution in [0.3, 0.4) is 0 Å². The quantitative estimate of drug-likeness (QED) is 0.807. The molecule has 1 saturated heterocycles. The van der Waals surface area contributed by atoms with Crippen molar-refractivity contribution >= 4 is 11.8 Å². The Morgan fingerprint density at radius 3 is 2.16 bits per heavy atom. The standard InChI is InChI=1S/C14H27N3O2/c1-11(18)16-6-5-7-17(9-8-16)13(19)10-12(15)14(2,3)4/h12H,5-10,15H2,1-4H3. The number of hydrogen-bond donors (Lipinski definition) is 1. The van der Waals surface area contributed by atoms with E-state index < -0.39 is 0 Å². The Morgan fingerprint density at radius 2 is 1.63 bits per heavy atom. The summed E-state index contributed by atoms with van der Waals surface area (Å²) in [6, 6.07) is -0.132. The van der Waals surface area contributed by atoms with Crippen LogP contribution in [0.15, 0.2) is 0 Å². The van der Waals surface area contributed by atoms with Crippen molar-refractivity contribution in [2.75, 3.05) is 26.2 Å². The van der Waals surface area contributed by atoms with E-state index in [1.807, 2.05) is 25.7 Å². The van der Waals surface area contributed by atoms with E-state index in [9.17, 15) is 9.59 Å². The number of carbonyl (C=O) groups excluding carboxylic acids is 2. The predicted molar refractivity (Wildman–Crippen MR) is 75.5 cm³/mol. The first-order chi connectivity index (χ1) is 8.71. The number of hydrogen-bond acceptors (Lipinski definition) is 3. The van der Waals surface area contributed by atoms with E-state index in [1.165, 1.54) is 0 Å². The Hall–Kier alpha value is -1.10. The molecule has 1 unspecified atom stereocenters. The van der Waals surface area contributed by atoms with E-state index in [0.29, 0.717) is 19.5 Å². The Balaban J connectivity index is 2.52. The molecule has 1 atom stereocenters. The molecule has 1 rings (SSSR count). The molecule has 0 bridgehead atoms. The minimum atomic E-state index is -0.132. The predicted octanol–water partition coefficient (Wildman–Crippen LogP) is 0.831. The highest BCUT2D eigenvalue weighted by Gasteiger charge is 2.26. The maximum absolute atomic E-state index is 12.2. The summed E-state index contributed by atoms with van der Waals surface area (Å²) in [5, 5.41) is 0. The minimum absolute atomic E-state index is 0.0626. The fourth-order valence-corrected chi connectivity index (χ4v) is 2.11. The molecule has 0 aromatic rings. The molecule has 0 aromatic carbocycles. The third kappa shape index (κ3) is 4.82. The van der Waals surface area contributed by atoms with Gasteiger partial charge in [0, 0.05) is 45.6 Å². The van der Waals surface area contributed by atoms with Crippen LogP contribution in [0.25, 0.3) is 0 Å². The topological polar surface area (TPSA) is 66.6 Å². The number of nitrogens with two attached hydrogens (primary N) is 1. The Labute approximate surface area is 116 Å². The molecule has 1 fully saturated rings. The van der Waals surface area contributed by atoms with Gasteiger partial charge in [0.05, 0.1) is 0 Å². The molecule has 1 heterocycles. The molecule has 110 valence electrons. The summed E-state index contributed by atoms with van der Waals surface area (Å²) < 4.78 is 0. The van der Waals surface area contributed by atoms with Crippen molar-refractivity contribution in [3.63, 3.8) is 0 Å². The zero-order valence-electron chi connectivity index (χ0n) is 12.6. The number of carbonyl (C=O) groups is 2. The van der Waals surface area contributed by atoms with E-state index in [1.54, 1.807) is 11.8 Å². The summed E-state index contributed by atoms with van der Waals surface area (Å²) in [4.78, 5) is 27.2. The van der Waals surface area contributed by atoms with Gasteiger partial charge in [-0.1, -0.05) is 20.8 Å². The van der Waals surface area contributed by atoms with Crippen LogP contribution in [0.4, 0.5) is 0 Å². The second kappa shape index (κ2) is 6.37. The van der Waals surface area contributed by atoms with Crippen molar-refractivity contribution in [3.8, 4) is 0 Å². The van der Waals surface area contributed by atoms with Gasteiger partial charge >= 0.3 is 0 Å². The number of amides is 2. The lowest BCUT2D eigenvalue weighted by molar-refractivity contribution is -0.133. The molecule has 0 saturated carbocycles. The van der Waals surface area contributed by atoms with Crippen molar-refractivity contribution in [1.29, 1.82) is 0 Å². The SMILES string of the molecule is CC(=O)N1CCCN(C(=O)CC(N)C(C)(C)C)CC1. The molecule has 2 amide bonds. The second-order valence-corrected chi connectivity index (χ2v) is 6.42. The van der Waals surface area contributed by atoms with Crippen LogP contribution in [-0.2, 0) is 9.59 Å². The summed E-state index contributed by atoms with van der Waals surface area (Å²) >= 11 is 0. The first-order valence-corrected chi connectivity index (χ1v) is 7.00. The number of nitrogens with zero attached hydrogens (tertiary/aromatic N) is 2. The van der Waals surface area contributed by atoms with Crippen molar-refractivity contribution in [2.24, 2.45) is 11.1 Å². The normalized spacial score (nSPS) is 19.0. The van der Waals surface area contributed by atoms with Gasteiger partial charge < -0.3 is 15.5 Å². The van der Waals surface area contributed by atoms with Gasteiger partial charge in [0.2, 0.25) is 11.8 Å². The molecule has 0 aromatic heterocycles. The van der Waals surface area contributed by atoms with E-state index in [4.69, 9.17) is 5.73 Å². The van der Waals surface area contributed by atoms with Gasteiger partial charge in [0.25, 0.3) is 0 Å². The van der Waals surface area contributed by atoms with Gasteiger partial charge in [-0.25, -0.2) is 0 Å². The van der Waals surface area contributed by atoms with E-state index >= 15 is 0 Å². The summed E-state index contributed by atoms with van der Waals surface area (Å²) in [5.41, 5.74) is 6.00. The zero-order valence-corrected chi connectivity index (χ0v) is 12.6. The van der Waals surface area contributed by atoms with Crippen LogP contribution in [-0.4, -0.2) is 53.8 Å². The van der Waals surface area contributed by atoms with E-state index in [2.05, 4.69) is 0 Å². The third-order valence-electron chi connectivity index (χ3n) is 3.80. The Kier molecular flexibility index (Phi) is 5.35. The third-order valence-corrected chi connectivity index (χ3v) is 3.80. The monoisotopic (exact) mass is 269 g/mol. The van der Waals surface area contributed by atoms with Crippen LogP contribution in [0.5, 0.6) is 0 Å². The van der Waals surface area contributed by atoms with Gasteiger partial charge in [-0.05, 0) is 11.8 Å². The smallest absolute Gasteiger partial charge is 0.224 e. The van der Waals surface area contributed by atoms with Gasteiger partial charge in [0.1, 0.15) is 0 Å². The second-order valence-electron chi connectivity index (χ2n) is 6.42. The van der Waals surface area contributed by atoms with Crippen molar-refractivity contribution in [1.82, 2.24) is 9.80 Å². The molecule has 1 aliphatic rings. The van der Waals surface area contributed by atoms with Crippen molar-refractivity contribution in [2.45, 2.75) is 46.6 Å². The van der Waals surface area contributed by atoms with E-state index in [-0.39, 0.29) is 23.3 Å². The fraction of sp³-hybridized carbons (Fsp3) is 0.857. The summed E-state index contributed by atoms with van der Waals surface area (Å²) in [6.45, 7) is 10.4. The molecular weight excluding hydrogens is 242 g/mol. The van der Waals surface area contributed by atoms with Crippen LogP contribution in [0.1, 0.15) is 40.5 Å². The molecule has 5 heteroatoms. The lowest BCUT2D eigenvalue weighted by Gasteiger charge is -2.29. The van der Waals surface area contributed by atoms with Gasteiger partial charge in [-0.3, -0.25) is 9.59 Å². The average molecular weight is 269 g/mol. The average Bonchev–Trinajstić information content (AvgIpc) is 2.52. The van der Waals surface area contributed by atoms with Crippen LogP contribution in [0, 0.1) is 5.41 Å². The first kappa shape index (κ1) is 16.0. The van der Waals surface area contributed by atoms with Crippen LogP contribution in [0.2, 0.25) is 0 Å².